The molecule has 1 aliphatic rings. The number of para-hydroxylation sites is 1. The number of morpholine rings is 1. The van der Waals surface area contributed by atoms with E-state index in [1.54, 1.807) is 0 Å². The van der Waals surface area contributed by atoms with Crippen molar-refractivity contribution in [1.29, 1.82) is 0 Å². The van der Waals surface area contributed by atoms with Crippen LogP contribution in [-0.2, 0) is 14.3 Å². The standard InChI is InChI=1S/C18H25NO5/c1-4-14(24-15-8-6-5-7-13(15)12(2)3)17(20)19-9-10-23-16(11-19)18(21)22/h5-8,12,14,16H,4,9-11H2,1-3H3,(H,21,22)/t14-,16+/m1/s1. The fraction of sp³-hybridized carbons (Fsp3) is 0.556. The predicted molar refractivity (Wildman–Crippen MR) is 89.2 cm³/mol. The Morgan fingerprint density at radius 1 is 1.38 bits per heavy atom. The fourth-order valence-electron chi connectivity index (χ4n) is 2.73. The van der Waals surface area contributed by atoms with Gasteiger partial charge in [-0.2, -0.15) is 0 Å². The van der Waals surface area contributed by atoms with E-state index in [-0.39, 0.29) is 25.0 Å². The Bertz CT molecular complexity index is 587. The largest absolute Gasteiger partial charge is 0.480 e. The fourth-order valence-corrected chi connectivity index (χ4v) is 2.73. The molecule has 1 aromatic carbocycles. The van der Waals surface area contributed by atoms with Gasteiger partial charge >= 0.3 is 5.97 Å². The molecule has 1 heterocycles. The second kappa shape index (κ2) is 8.15. The van der Waals surface area contributed by atoms with Crippen molar-refractivity contribution in [2.75, 3.05) is 19.7 Å². The Labute approximate surface area is 142 Å². The van der Waals surface area contributed by atoms with E-state index in [9.17, 15) is 9.59 Å². The molecular weight excluding hydrogens is 310 g/mol. The molecule has 0 unspecified atom stereocenters. The van der Waals surface area contributed by atoms with Crippen LogP contribution >= 0.6 is 0 Å². The molecule has 1 N–H and O–H groups in total. The minimum atomic E-state index is -1.05. The van der Waals surface area contributed by atoms with Crippen molar-refractivity contribution in [2.45, 2.75) is 45.3 Å². The number of hydrogen-bond acceptors (Lipinski definition) is 4. The summed E-state index contributed by atoms with van der Waals surface area (Å²) in [4.78, 5) is 25.3. The van der Waals surface area contributed by atoms with Gasteiger partial charge in [-0.1, -0.05) is 39.0 Å². The second-order valence-electron chi connectivity index (χ2n) is 6.19. The summed E-state index contributed by atoms with van der Waals surface area (Å²) >= 11 is 0. The van der Waals surface area contributed by atoms with Gasteiger partial charge in [0.25, 0.3) is 5.91 Å². The maximum absolute atomic E-state index is 12.7. The van der Waals surface area contributed by atoms with Crippen molar-refractivity contribution in [1.82, 2.24) is 4.90 Å². The van der Waals surface area contributed by atoms with Crippen LogP contribution in [0.4, 0.5) is 0 Å². The third-order valence-electron chi connectivity index (χ3n) is 4.11. The molecule has 132 valence electrons. The Balaban J connectivity index is 2.11. The van der Waals surface area contributed by atoms with Crippen LogP contribution in [0, 0.1) is 0 Å². The molecule has 0 bridgehead atoms. The van der Waals surface area contributed by atoms with Crippen LogP contribution < -0.4 is 4.74 Å². The average molecular weight is 335 g/mol. The van der Waals surface area contributed by atoms with Crippen molar-refractivity contribution in [2.24, 2.45) is 0 Å². The van der Waals surface area contributed by atoms with Gasteiger partial charge in [-0.25, -0.2) is 4.79 Å². The van der Waals surface area contributed by atoms with Crippen LogP contribution in [0.2, 0.25) is 0 Å². The van der Waals surface area contributed by atoms with Crippen molar-refractivity contribution in [3.63, 3.8) is 0 Å². The molecular formula is C18H25NO5. The Kier molecular flexibility index (Phi) is 6.20. The third kappa shape index (κ3) is 4.26. The first-order valence-corrected chi connectivity index (χ1v) is 8.32. The highest BCUT2D eigenvalue weighted by molar-refractivity contribution is 5.82. The molecule has 0 spiro atoms. The van der Waals surface area contributed by atoms with Crippen LogP contribution in [0.15, 0.2) is 24.3 Å². The number of carbonyl (C=O) groups excluding carboxylic acids is 1. The number of amides is 1. The molecule has 6 nitrogen and oxygen atoms in total. The molecule has 0 saturated carbocycles. The molecule has 2 atom stereocenters. The number of ether oxygens (including phenoxy) is 2. The van der Waals surface area contributed by atoms with Crippen molar-refractivity contribution < 1.29 is 24.2 Å². The molecule has 0 aromatic heterocycles. The first-order chi connectivity index (χ1) is 11.4. The highest BCUT2D eigenvalue weighted by Gasteiger charge is 2.33. The maximum Gasteiger partial charge on any atom is 0.334 e. The van der Waals surface area contributed by atoms with Crippen LogP contribution in [-0.4, -0.2) is 53.8 Å². The summed E-state index contributed by atoms with van der Waals surface area (Å²) in [5, 5.41) is 9.07. The monoisotopic (exact) mass is 335 g/mol. The van der Waals surface area contributed by atoms with Crippen LogP contribution in [0.5, 0.6) is 5.75 Å². The molecule has 1 amide bonds. The van der Waals surface area contributed by atoms with Gasteiger partial charge in [-0.05, 0) is 24.0 Å². The lowest BCUT2D eigenvalue weighted by molar-refractivity contribution is -0.161. The predicted octanol–water partition coefficient (Wildman–Crippen LogP) is 2.28. The molecule has 1 fully saturated rings. The third-order valence-corrected chi connectivity index (χ3v) is 4.11. The molecule has 0 radical (unpaired) electrons. The minimum Gasteiger partial charge on any atom is -0.480 e. The number of carboxylic acids is 1. The van der Waals surface area contributed by atoms with Crippen LogP contribution in [0.3, 0.4) is 0 Å². The van der Waals surface area contributed by atoms with Gasteiger partial charge in [-0.15, -0.1) is 0 Å². The number of carboxylic acid groups (broad SMARTS) is 1. The first kappa shape index (κ1) is 18.3. The Morgan fingerprint density at radius 3 is 2.71 bits per heavy atom. The summed E-state index contributed by atoms with van der Waals surface area (Å²) in [6.07, 6.45) is -1.08. The number of aliphatic carboxylic acids is 1. The highest BCUT2D eigenvalue weighted by Crippen LogP contribution is 2.27. The zero-order valence-corrected chi connectivity index (χ0v) is 14.4. The SMILES string of the molecule is CC[C@@H](Oc1ccccc1C(C)C)C(=O)N1CCO[C@H](C(=O)O)C1. The highest BCUT2D eigenvalue weighted by atomic mass is 16.5. The number of rotatable bonds is 6. The zero-order valence-electron chi connectivity index (χ0n) is 14.4. The van der Waals surface area contributed by atoms with Crippen LogP contribution in [0.25, 0.3) is 0 Å². The summed E-state index contributed by atoms with van der Waals surface area (Å²) < 4.78 is 11.2. The van der Waals surface area contributed by atoms with Gasteiger partial charge < -0.3 is 19.5 Å². The minimum absolute atomic E-state index is 0.0554. The lowest BCUT2D eigenvalue weighted by atomic mass is 10.0. The zero-order chi connectivity index (χ0) is 17.7. The van der Waals surface area contributed by atoms with Crippen LogP contribution in [0.1, 0.15) is 38.7 Å². The van der Waals surface area contributed by atoms with E-state index in [4.69, 9.17) is 14.6 Å². The summed E-state index contributed by atoms with van der Waals surface area (Å²) in [7, 11) is 0. The van der Waals surface area contributed by atoms with Gasteiger partial charge in [0, 0.05) is 6.54 Å². The van der Waals surface area contributed by atoms with E-state index in [0.29, 0.717) is 18.7 Å². The number of hydrogen-bond donors (Lipinski definition) is 1. The van der Waals surface area contributed by atoms with Gasteiger partial charge in [0.15, 0.2) is 12.2 Å². The van der Waals surface area contributed by atoms with E-state index >= 15 is 0 Å². The van der Waals surface area contributed by atoms with Crippen molar-refractivity contribution >= 4 is 11.9 Å². The van der Waals surface area contributed by atoms with Gasteiger partial charge in [0.05, 0.1) is 13.2 Å². The summed E-state index contributed by atoms with van der Waals surface area (Å²) in [5.74, 6) is -0.249. The van der Waals surface area contributed by atoms with E-state index in [0.717, 1.165) is 5.56 Å². The first-order valence-electron chi connectivity index (χ1n) is 8.32. The van der Waals surface area contributed by atoms with E-state index in [1.807, 2.05) is 31.2 Å². The van der Waals surface area contributed by atoms with Crippen molar-refractivity contribution in [3.8, 4) is 5.75 Å². The Hall–Kier alpha value is -2.08. The molecule has 2 rings (SSSR count). The molecule has 1 aliphatic heterocycles. The lowest BCUT2D eigenvalue weighted by Gasteiger charge is -2.33. The smallest absolute Gasteiger partial charge is 0.334 e. The maximum atomic E-state index is 12.7. The average Bonchev–Trinajstić information content (AvgIpc) is 2.59. The summed E-state index contributed by atoms with van der Waals surface area (Å²) in [6.45, 7) is 6.69. The van der Waals surface area contributed by atoms with E-state index in [1.165, 1.54) is 4.90 Å². The molecule has 6 heteroatoms. The van der Waals surface area contributed by atoms with Gasteiger partial charge in [-0.3, -0.25) is 4.79 Å². The van der Waals surface area contributed by atoms with Crippen molar-refractivity contribution in [3.05, 3.63) is 29.8 Å². The molecule has 1 aromatic rings. The normalized spacial score (nSPS) is 19.2. The Morgan fingerprint density at radius 2 is 2.08 bits per heavy atom. The topological polar surface area (TPSA) is 76.1 Å². The second-order valence-corrected chi connectivity index (χ2v) is 6.19. The number of nitrogens with zero attached hydrogens (tertiary/aromatic N) is 1. The molecule has 0 aliphatic carbocycles. The quantitative estimate of drug-likeness (QED) is 0.863. The lowest BCUT2D eigenvalue weighted by Crippen LogP contribution is -2.52. The molecule has 1 saturated heterocycles. The van der Waals surface area contributed by atoms with Gasteiger partial charge in [0.2, 0.25) is 0 Å². The summed E-state index contributed by atoms with van der Waals surface area (Å²) in [5.41, 5.74) is 1.05. The van der Waals surface area contributed by atoms with E-state index in [2.05, 4.69) is 13.8 Å². The number of carbonyl (C=O) groups is 2. The number of benzene rings is 1. The summed E-state index contributed by atoms with van der Waals surface area (Å²) in [6, 6.07) is 7.69. The van der Waals surface area contributed by atoms with Gasteiger partial charge in [0.1, 0.15) is 5.75 Å². The van der Waals surface area contributed by atoms with E-state index < -0.39 is 18.2 Å². The molecule has 24 heavy (non-hydrogen) atoms.